The maximum atomic E-state index is 14.1. The average Bonchev–Trinajstić information content (AvgIpc) is 2.97. The molecule has 0 bridgehead atoms. The molecule has 0 aliphatic heterocycles. The summed E-state index contributed by atoms with van der Waals surface area (Å²) in [4.78, 5) is 187. The van der Waals surface area contributed by atoms with Gasteiger partial charge in [0.25, 0.3) is 0 Å². The molecule has 0 saturated carbocycles. The second kappa shape index (κ2) is 36.1. The number of aliphatic carboxylic acids is 4. The van der Waals surface area contributed by atoms with Gasteiger partial charge >= 0.3 is 23.9 Å². The zero-order valence-corrected chi connectivity index (χ0v) is 48.5. The number of unbranched alkanes of at least 4 members (excludes halogenated alkanes) is 1. The van der Waals surface area contributed by atoms with E-state index in [1.54, 1.807) is 65.8 Å². The van der Waals surface area contributed by atoms with Gasteiger partial charge in [0.1, 0.15) is 48.3 Å². The van der Waals surface area contributed by atoms with Crippen LogP contribution in [0.4, 0.5) is 0 Å². The first-order valence-corrected chi connectivity index (χ1v) is 27.7. The summed E-state index contributed by atoms with van der Waals surface area (Å²) < 4.78 is 0. The van der Waals surface area contributed by atoms with Gasteiger partial charge in [0.2, 0.25) is 59.1 Å². The van der Waals surface area contributed by atoms with E-state index in [1.807, 2.05) is 0 Å². The summed E-state index contributed by atoms with van der Waals surface area (Å²) in [6, 6.07) is -7.59. The van der Waals surface area contributed by atoms with Crippen molar-refractivity contribution >= 4 is 93.9 Å². The number of fused-ring (bicyclic) bond motifs is 1. The number of aromatic nitrogens is 1. The minimum atomic E-state index is -1.96. The molecule has 85 heavy (non-hydrogen) atoms. The lowest BCUT2D eigenvalue weighted by Gasteiger charge is -2.28. The third-order valence-electron chi connectivity index (χ3n) is 13.0. The van der Waals surface area contributed by atoms with Gasteiger partial charge in [-0.2, -0.15) is 0 Å². The highest BCUT2D eigenvalue weighted by atomic mass is 16.4. The van der Waals surface area contributed by atoms with Gasteiger partial charge in [-0.1, -0.05) is 59.7 Å². The molecule has 472 valence electrons. The molecule has 10 amide bonds. The van der Waals surface area contributed by atoms with Crippen molar-refractivity contribution in [2.24, 2.45) is 35.0 Å². The normalized spacial score (nSPS) is 14.4. The fraction of sp³-hybridized carbons (Fsp3) is 0.593. The number of H-pyrrole nitrogens is 1. The number of carbonyl (C=O) groups excluding carboxylic acids is 10. The van der Waals surface area contributed by atoms with Gasteiger partial charge in [-0.15, -0.1) is 0 Å². The van der Waals surface area contributed by atoms with Gasteiger partial charge < -0.3 is 90.5 Å². The number of para-hydroxylation sites is 1. The fourth-order valence-corrected chi connectivity index (χ4v) is 8.49. The van der Waals surface area contributed by atoms with Gasteiger partial charge in [0.15, 0.2) is 0 Å². The van der Waals surface area contributed by atoms with E-state index in [-0.39, 0.29) is 44.1 Å². The number of carboxylic acid groups (broad SMARTS) is 4. The molecule has 0 fully saturated rings. The predicted molar refractivity (Wildman–Crippen MR) is 303 cm³/mol. The minimum Gasteiger partial charge on any atom is -0.481 e. The Morgan fingerprint density at radius 1 is 0.506 bits per heavy atom. The van der Waals surface area contributed by atoms with Crippen molar-refractivity contribution < 1.29 is 87.5 Å². The van der Waals surface area contributed by atoms with Crippen LogP contribution in [0.2, 0.25) is 0 Å². The average molecular weight is 1200 g/mol. The maximum absolute atomic E-state index is 14.1. The highest BCUT2D eigenvalue weighted by Gasteiger charge is 2.37. The second-order valence-electron chi connectivity index (χ2n) is 21.6. The Kier molecular flexibility index (Phi) is 30.7. The molecule has 0 aliphatic rings. The molecule has 1 heterocycles. The maximum Gasteiger partial charge on any atom is 0.326 e. The summed E-state index contributed by atoms with van der Waals surface area (Å²) >= 11 is 0. The van der Waals surface area contributed by atoms with Crippen LogP contribution in [0.5, 0.6) is 0 Å². The number of carboxylic acids is 4. The largest absolute Gasteiger partial charge is 0.481 e. The van der Waals surface area contributed by atoms with Crippen molar-refractivity contribution in [3.8, 4) is 0 Å². The Morgan fingerprint density at radius 2 is 0.953 bits per heavy atom. The highest BCUT2D eigenvalue weighted by molar-refractivity contribution is 6.00. The van der Waals surface area contributed by atoms with E-state index in [2.05, 4.69) is 52.8 Å². The highest BCUT2D eigenvalue weighted by Crippen LogP contribution is 2.20. The molecular weight excluding hydrogens is 1120 g/mol. The fourth-order valence-electron chi connectivity index (χ4n) is 8.49. The smallest absolute Gasteiger partial charge is 0.326 e. The third-order valence-corrected chi connectivity index (χ3v) is 13.0. The Balaban J connectivity index is 2.49. The van der Waals surface area contributed by atoms with Crippen LogP contribution in [-0.2, 0) is 73.5 Å². The number of primary amides is 1. The Bertz CT molecular complexity index is 2700. The molecule has 20 N–H and O–H groups in total. The van der Waals surface area contributed by atoms with Gasteiger partial charge in [0.05, 0.1) is 25.4 Å². The van der Waals surface area contributed by atoms with Crippen molar-refractivity contribution in [3.05, 3.63) is 36.0 Å². The molecule has 0 spiro atoms. The van der Waals surface area contributed by atoms with Crippen molar-refractivity contribution in [2.75, 3.05) is 13.1 Å². The zero-order valence-electron chi connectivity index (χ0n) is 48.5. The summed E-state index contributed by atoms with van der Waals surface area (Å²) in [5.41, 5.74) is 18.1. The van der Waals surface area contributed by atoms with Crippen molar-refractivity contribution in [2.45, 2.75) is 173 Å². The molecule has 0 radical (unpaired) electrons. The number of amides is 10. The van der Waals surface area contributed by atoms with Crippen LogP contribution in [0.15, 0.2) is 30.5 Å². The van der Waals surface area contributed by atoms with Crippen molar-refractivity contribution in [1.29, 1.82) is 0 Å². The van der Waals surface area contributed by atoms with Crippen LogP contribution in [0.1, 0.15) is 118 Å². The number of aromatic amines is 1. The summed E-state index contributed by atoms with van der Waals surface area (Å²) in [6.07, 6.45) is -3.04. The van der Waals surface area contributed by atoms with E-state index in [1.165, 1.54) is 6.20 Å². The number of carbonyl (C=O) groups is 14. The van der Waals surface area contributed by atoms with E-state index in [0.717, 1.165) is 0 Å². The molecule has 31 nitrogen and oxygen atoms in total. The molecule has 9 unspecified atom stereocenters. The van der Waals surface area contributed by atoms with Crippen LogP contribution < -0.4 is 65.1 Å². The van der Waals surface area contributed by atoms with Crippen molar-refractivity contribution in [3.63, 3.8) is 0 Å². The predicted octanol–water partition coefficient (Wildman–Crippen LogP) is -2.93. The van der Waals surface area contributed by atoms with Crippen LogP contribution in [0.3, 0.4) is 0 Å². The number of rotatable bonds is 40. The monoisotopic (exact) mass is 1200 g/mol. The zero-order chi connectivity index (χ0) is 64.2. The standard InChI is InChI=1S/C54H83N13O18/c1-26(2)19-35(63-52(82)39(23-44(74)75)66-50(80)36(20-27(3)4)67-53(83)45(57)28(5)6)49(79)62-32(14-16-42(70)71)47(77)61-33(15-17-43(72)73)48(78)65-38(22-40(56)68)51(81)64-37(21-29-24-58-31-12-8-7-11-30(29)31)46(76)59-25-41(69)60-34(54(84)85)13-9-10-18-55/h7-8,11-12,24,26-28,32-39,45,58H,9-10,13-23,25,55,57H2,1-6H3,(H2,56,68)(H,59,76)(H,60,69)(H,61,77)(H,62,79)(H,63,82)(H,64,81)(H,65,78)(H,66,80)(H,67,83)(H,70,71)(H,72,73)(H,74,75)(H,84,85). The molecule has 0 saturated heterocycles. The number of nitrogens with two attached hydrogens (primary N) is 3. The first-order chi connectivity index (χ1) is 39.8. The van der Waals surface area contributed by atoms with Crippen LogP contribution >= 0.6 is 0 Å². The number of benzene rings is 1. The van der Waals surface area contributed by atoms with Gasteiger partial charge in [-0.25, -0.2) is 4.79 Å². The summed E-state index contributed by atoms with van der Waals surface area (Å²) in [7, 11) is 0. The lowest BCUT2D eigenvalue weighted by molar-refractivity contribution is -0.142. The SMILES string of the molecule is CC(C)CC(NC(=O)C(CC(=O)O)NC(=O)C(CC(C)C)NC(=O)C(N)C(C)C)C(=O)NC(CCC(=O)O)C(=O)NC(CCC(=O)O)C(=O)NC(CC(N)=O)C(=O)NC(Cc1c[nH]c2ccccc12)C(=O)NCC(=O)NC(CCCCN)C(=O)O. The Labute approximate surface area is 490 Å². The molecule has 2 rings (SSSR count). The summed E-state index contributed by atoms with van der Waals surface area (Å²) in [6.45, 7) is 9.60. The summed E-state index contributed by atoms with van der Waals surface area (Å²) in [5, 5.41) is 60.3. The van der Waals surface area contributed by atoms with Crippen LogP contribution in [0, 0.1) is 17.8 Å². The molecular formula is C54H83N13O18. The molecule has 1 aromatic carbocycles. The van der Waals surface area contributed by atoms with Crippen molar-refractivity contribution in [1.82, 2.24) is 52.8 Å². The van der Waals surface area contributed by atoms with Gasteiger partial charge in [0, 0.05) is 36.4 Å². The van der Waals surface area contributed by atoms with Gasteiger partial charge in [-0.05, 0) is 80.9 Å². The van der Waals surface area contributed by atoms with E-state index in [9.17, 15) is 87.5 Å². The number of hydrogen-bond acceptors (Lipinski definition) is 16. The second-order valence-corrected chi connectivity index (χ2v) is 21.6. The van der Waals surface area contributed by atoms with E-state index >= 15 is 0 Å². The lowest BCUT2D eigenvalue weighted by Crippen LogP contribution is -2.61. The number of nitrogens with one attached hydrogen (secondary N) is 10. The molecule has 0 aliphatic carbocycles. The molecule has 2 aromatic rings. The molecule has 9 atom stereocenters. The van der Waals surface area contributed by atoms with E-state index in [4.69, 9.17) is 17.2 Å². The lowest BCUT2D eigenvalue weighted by atomic mass is 9.99. The van der Waals surface area contributed by atoms with Gasteiger partial charge in [-0.3, -0.25) is 62.3 Å². The summed E-state index contributed by atoms with van der Waals surface area (Å²) in [5.74, 6) is -17.7. The Morgan fingerprint density at radius 3 is 1.41 bits per heavy atom. The minimum absolute atomic E-state index is 0.0332. The van der Waals surface area contributed by atoms with E-state index in [0.29, 0.717) is 29.3 Å². The van der Waals surface area contributed by atoms with Crippen LogP contribution in [-0.4, -0.2) is 176 Å². The molecule has 31 heteroatoms. The first-order valence-electron chi connectivity index (χ1n) is 27.7. The number of hydrogen-bond donors (Lipinski definition) is 17. The topological polar surface area (TPSA) is 522 Å². The van der Waals surface area contributed by atoms with Crippen LogP contribution in [0.25, 0.3) is 10.9 Å². The quantitative estimate of drug-likeness (QED) is 0.0297. The third kappa shape index (κ3) is 26.6. The van der Waals surface area contributed by atoms with E-state index < -0.39 is 188 Å². The Hall–Kier alpha value is -8.74. The molecule has 1 aromatic heterocycles. The first kappa shape index (κ1) is 72.4.